The molecule has 0 aromatic heterocycles. The normalized spacial score (nSPS) is 14.7. The van der Waals surface area contributed by atoms with Crippen LogP contribution in [0.5, 0.6) is 5.75 Å². The van der Waals surface area contributed by atoms with Crippen molar-refractivity contribution in [3.05, 3.63) is 33.3 Å². The summed E-state index contributed by atoms with van der Waals surface area (Å²) in [6.45, 7) is -0.551. The minimum atomic E-state index is -5.04. The van der Waals surface area contributed by atoms with Gasteiger partial charge in [0.2, 0.25) is 12.9 Å². The molecule has 0 spiro atoms. The maximum absolute atomic E-state index is 13.2. The highest BCUT2D eigenvalue weighted by Crippen LogP contribution is 2.42. The lowest BCUT2D eigenvalue weighted by atomic mass is 9.98. The number of carbonyl (C=O) groups is 2. The first-order chi connectivity index (χ1) is 16.2. The van der Waals surface area contributed by atoms with E-state index in [2.05, 4.69) is 42.6 Å². The monoisotopic (exact) mass is 582 g/mol. The predicted molar refractivity (Wildman–Crippen MR) is 109 cm³/mol. The van der Waals surface area contributed by atoms with E-state index in [-0.39, 0.29) is 23.2 Å². The second-order valence-corrected chi connectivity index (χ2v) is 7.07. The van der Waals surface area contributed by atoms with Crippen LogP contribution in [-0.2, 0) is 25.1 Å². The fourth-order valence-corrected chi connectivity index (χ4v) is 2.86. The summed E-state index contributed by atoms with van der Waals surface area (Å²) in [5.74, 6) is 0.466. The predicted octanol–water partition coefficient (Wildman–Crippen LogP) is -2.10. The molecule has 14 nitrogen and oxygen atoms in total. The Hall–Kier alpha value is -2.39. The Morgan fingerprint density at radius 2 is 1.83 bits per heavy atom. The number of quaternary nitrogens is 1. The number of carboxylic acids is 1. The van der Waals surface area contributed by atoms with Crippen LogP contribution < -0.4 is 21.8 Å². The number of rotatable bonds is 8. The molecule has 0 radical (unpaired) electrons. The molecule has 1 aromatic rings. The van der Waals surface area contributed by atoms with Crippen molar-refractivity contribution in [1.82, 2.24) is 5.32 Å². The number of benzene rings is 1. The number of aliphatic hydroxyl groups excluding tert-OH is 1. The zero-order valence-corrected chi connectivity index (χ0v) is 19.2. The van der Waals surface area contributed by atoms with E-state index < -0.39 is 53.9 Å². The number of aliphatic hydroxyl groups is 4. The Morgan fingerprint density at radius 3 is 2.29 bits per heavy atom. The van der Waals surface area contributed by atoms with Gasteiger partial charge in [0.05, 0.1) is 24.3 Å². The molecule has 1 unspecified atom stereocenters. The summed E-state index contributed by atoms with van der Waals surface area (Å²) in [5, 5.41) is 53.4. The number of carbonyl (C=O) groups excluding carboxylic acids is 1. The van der Waals surface area contributed by atoms with E-state index in [1.54, 1.807) is 0 Å². The van der Waals surface area contributed by atoms with Gasteiger partial charge in [0.1, 0.15) is 5.75 Å². The number of nitrogens with two attached hydrogens (primary N) is 1. The molecule has 1 aromatic carbocycles. The summed E-state index contributed by atoms with van der Waals surface area (Å²) < 4.78 is 49.1. The molecule has 35 heavy (non-hydrogen) atoms. The summed E-state index contributed by atoms with van der Waals surface area (Å²) in [6, 6.07) is 2.19. The summed E-state index contributed by atoms with van der Waals surface area (Å²) in [7, 11) is 0. The van der Waals surface area contributed by atoms with Gasteiger partial charge >= 0.3 is 24.1 Å². The maximum Gasteiger partial charge on any atom is 0.430 e. The van der Waals surface area contributed by atoms with Crippen LogP contribution in [0.4, 0.5) is 13.2 Å². The SMILES string of the molecule is NOCOC(=O)C1=Cc2cc(Br)cc(C(O)(O)O)c2OC1C(F)(F)F.O=C(O)CNCCO.[NH3+]O. The average molecular weight is 583 g/mol. The number of aliphatic carboxylic acids is 1. The lowest BCUT2D eigenvalue weighted by molar-refractivity contribution is -0.670. The molecule has 0 aliphatic carbocycles. The first-order valence-corrected chi connectivity index (χ1v) is 9.81. The van der Waals surface area contributed by atoms with E-state index in [0.29, 0.717) is 6.54 Å². The number of alkyl halides is 3. The van der Waals surface area contributed by atoms with E-state index in [4.69, 9.17) is 20.2 Å². The van der Waals surface area contributed by atoms with Gasteiger partial charge in [-0.3, -0.25) is 9.63 Å². The number of esters is 1. The summed E-state index contributed by atoms with van der Waals surface area (Å²) >= 11 is 2.99. The molecule has 12 N–H and O–H groups in total. The Labute approximate surface area is 203 Å². The number of hydrogen-bond acceptors (Lipinski definition) is 12. The molecule has 200 valence electrons. The van der Waals surface area contributed by atoms with Gasteiger partial charge in [0.25, 0.3) is 0 Å². The molecule has 2 rings (SSSR count). The van der Waals surface area contributed by atoms with Crippen LogP contribution in [-0.4, -0.2) is 81.4 Å². The molecule has 0 saturated carbocycles. The zero-order chi connectivity index (χ0) is 27.4. The van der Waals surface area contributed by atoms with Gasteiger partial charge in [-0.05, 0) is 18.2 Å². The molecule has 0 saturated heterocycles. The van der Waals surface area contributed by atoms with Gasteiger partial charge < -0.3 is 40.3 Å². The second kappa shape index (κ2) is 14.9. The van der Waals surface area contributed by atoms with E-state index in [1.807, 2.05) is 0 Å². The van der Waals surface area contributed by atoms with Gasteiger partial charge in [-0.1, -0.05) is 15.9 Å². The molecule has 0 amide bonds. The third kappa shape index (κ3) is 10.8. The minimum absolute atomic E-state index is 0.0206. The van der Waals surface area contributed by atoms with Crippen LogP contribution in [0.1, 0.15) is 11.1 Å². The Kier molecular flexibility index (Phi) is 13.9. The molecule has 0 bridgehead atoms. The Balaban J connectivity index is 0.000000982. The van der Waals surface area contributed by atoms with Crippen LogP contribution >= 0.6 is 15.9 Å². The quantitative estimate of drug-likeness (QED) is 0.0690. The second-order valence-electron chi connectivity index (χ2n) is 6.16. The first kappa shape index (κ1) is 32.6. The molecular formula is C17H24BrF3N3O11+. The first-order valence-electron chi connectivity index (χ1n) is 9.02. The fraction of sp³-hybridized carbons (Fsp3) is 0.412. The largest absolute Gasteiger partial charge is 0.480 e. The highest BCUT2D eigenvalue weighted by molar-refractivity contribution is 9.10. The molecular weight excluding hydrogens is 559 g/mol. The van der Waals surface area contributed by atoms with Crippen molar-refractivity contribution < 1.29 is 73.7 Å². The number of nitrogens with one attached hydrogen (secondary N) is 1. The Bertz CT molecular complexity index is 879. The molecule has 1 aliphatic heterocycles. The lowest BCUT2D eigenvalue weighted by Gasteiger charge is -2.30. The topological polar surface area (TPSA) is 249 Å². The molecule has 1 atom stereocenters. The van der Waals surface area contributed by atoms with Crippen molar-refractivity contribution >= 4 is 33.9 Å². The van der Waals surface area contributed by atoms with Crippen molar-refractivity contribution in [3.63, 3.8) is 0 Å². The zero-order valence-electron chi connectivity index (χ0n) is 17.7. The van der Waals surface area contributed by atoms with Crippen molar-refractivity contribution in [2.24, 2.45) is 5.90 Å². The van der Waals surface area contributed by atoms with Crippen LogP contribution in [0.2, 0.25) is 0 Å². The van der Waals surface area contributed by atoms with E-state index in [1.165, 1.54) is 6.07 Å². The van der Waals surface area contributed by atoms with Gasteiger partial charge in [-0.2, -0.15) is 13.2 Å². The summed E-state index contributed by atoms with van der Waals surface area (Å²) in [6.07, 6.45) is -7.03. The van der Waals surface area contributed by atoms with Crippen molar-refractivity contribution in [1.29, 1.82) is 0 Å². The van der Waals surface area contributed by atoms with Crippen LogP contribution in [0.15, 0.2) is 22.2 Å². The third-order valence-corrected chi connectivity index (χ3v) is 4.09. The highest BCUT2D eigenvalue weighted by Gasteiger charge is 2.50. The van der Waals surface area contributed by atoms with Crippen LogP contribution in [0.25, 0.3) is 6.08 Å². The minimum Gasteiger partial charge on any atom is -0.480 e. The highest BCUT2D eigenvalue weighted by atomic mass is 79.9. The van der Waals surface area contributed by atoms with E-state index in [9.17, 15) is 38.1 Å². The number of halogens is 4. The van der Waals surface area contributed by atoms with Crippen molar-refractivity contribution in [2.75, 3.05) is 26.5 Å². The standard InChI is InChI=1S/C13H11BrF3NO7.C4H9NO3.H4NO/c14-6-1-5-2-7(11(19)23-4-24-18)10(12(15,16)17)25-9(5)8(3-6)13(20,21)22;6-2-1-5-3-4(7)8;1-2/h1-3,10,20-22H,4,18H2;5-6H,1-3H2,(H,7,8);2H,1H3/q;;+1. The van der Waals surface area contributed by atoms with Crippen LogP contribution in [0.3, 0.4) is 0 Å². The third-order valence-electron chi connectivity index (χ3n) is 3.63. The average Bonchev–Trinajstić information content (AvgIpc) is 2.76. The van der Waals surface area contributed by atoms with Gasteiger partial charge in [0.15, 0.2) is 0 Å². The summed E-state index contributed by atoms with van der Waals surface area (Å²) in [4.78, 5) is 25.5. The number of hydrogen-bond donors (Lipinski definition) is 9. The maximum atomic E-state index is 13.2. The molecule has 0 fully saturated rings. The van der Waals surface area contributed by atoms with Gasteiger partial charge in [-0.25, -0.2) is 21.8 Å². The molecule has 1 aliphatic rings. The number of carboxylic acid groups (broad SMARTS) is 1. The molecule has 18 heteroatoms. The van der Waals surface area contributed by atoms with Crippen molar-refractivity contribution in [2.45, 2.75) is 18.3 Å². The van der Waals surface area contributed by atoms with Crippen LogP contribution in [0, 0.1) is 0 Å². The summed E-state index contributed by atoms with van der Waals surface area (Å²) in [5.41, 5.74) is -1.80. The smallest absolute Gasteiger partial charge is 0.430 e. The number of fused-ring (bicyclic) bond motifs is 1. The van der Waals surface area contributed by atoms with E-state index >= 15 is 0 Å². The lowest BCUT2D eigenvalue weighted by Crippen LogP contribution is -2.42. The number of ether oxygens (including phenoxy) is 2. The van der Waals surface area contributed by atoms with Gasteiger partial charge in [-0.15, -0.1) is 0 Å². The molecule has 1 heterocycles. The van der Waals surface area contributed by atoms with E-state index in [0.717, 1.165) is 12.1 Å². The Morgan fingerprint density at radius 1 is 1.23 bits per heavy atom. The fourth-order valence-electron chi connectivity index (χ4n) is 2.38. The van der Waals surface area contributed by atoms with Gasteiger partial charge in [0, 0.05) is 16.6 Å². The van der Waals surface area contributed by atoms with Crippen molar-refractivity contribution in [3.8, 4) is 5.75 Å².